The van der Waals surface area contributed by atoms with Crippen molar-refractivity contribution in [1.82, 2.24) is 0 Å². The number of allylic oxidation sites excluding steroid dienone is 13. The molecule has 0 unspecified atom stereocenters. The zero-order valence-electron chi connectivity index (χ0n) is 11.5. The fourth-order valence-corrected chi connectivity index (χ4v) is 3.20. The molecule has 0 N–H and O–H groups in total. The lowest BCUT2D eigenvalue weighted by molar-refractivity contribution is -0.104. The summed E-state index contributed by atoms with van der Waals surface area (Å²) >= 11 is 2.63. The Balaban J connectivity index is 2.39. The molecule has 0 aliphatic carbocycles. The molecule has 0 amide bonds. The fourth-order valence-electron chi connectivity index (χ4n) is 1.22. The second-order valence-corrected chi connectivity index (χ2v) is 6.00. The highest BCUT2D eigenvalue weighted by atomic mass is 32.2. The summed E-state index contributed by atoms with van der Waals surface area (Å²) in [6.07, 6.45) is 20.4. The van der Waals surface area contributed by atoms with Crippen LogP contribution in [0, 0.1) is 22.7 Å². The zero-order valence-corrected chi connectivity index (χ0v) is 13.2. The molecule has 0 spiro atoms. The molecule has 0 radical (unpaired) electrons. The lowest BCUT2D eigenvalue weighted by atomic mass is 10.3. The van der Waals surface area contributed by atoms with Crippen LogP contribution in [-0.4, -0.2) is 6.29 Å². The first-order chi connectivity index (χ1) is 10.8. The van der Waals surface area contributed by atoms with Gasteiger partial charge in [-0.05, 0) is 12.2 Å². The van der Waals surface area contributed by atoms with Crippen LogP contribution in [0.1, 0.15) is 0 Å². The van der Waals surface area contributed by atoms with Gasteiger partial charge < -0.3 is 0 Å². The third-order valence-electron chi connectivity index (χ3n) is 2.13. The molecule has 22 heavy (non-hydrogen) atoms. The van der Waals surface area contributed by atoms with Crippen LogP contribution in [0.5, 0.6) is 0 Å². The van der Waals surface area contributed by atoms with E-state index in [4.69, 9.17) is 10.5 Å². The predicted molar refractivity (Wildman–Crippen MR) is 93.3 cm³/mol. The van der Waals surface area contributed by atoms with E-state index in [9.17, 15) is 4.79 Å². The van der Waals surface area contributed by atoms with Crippen LogP contribution in [0.3, 0.4) is 0 Å². The Kier molecular flexibility index (Phi) is 8.96. The summed E-state index contributed by atoms with van der Waals surface area (Å²) in [6.45, 7) is 0. The molecule has 1 aliphatic heterocycles. The van der Waals surface area contributed by atoms with Gasteiger partial charge in [0.15, 0.2) is 0 Å². The van der Waals surface area contributed by atoms with Crippen molar-refractivity contribution in [3.63, 3.8) is 0 Å². The van der Waals surface area contributed by atoms with Gasteiger partial charge in [0, 0.05) is 0 Å². The Labute approximate surface area is 138 Å². The molecule has 0 saturated carbocycles. The lowest BCUT2D eigenvalue weighted by Gasteiger charge is -1.88. The van der Waals surface area contributed by atoms with Crippen molar-refractivity contribution in [3.05, 3.63) is 80.9 Å². The predicted octanol–water partition coefficient (Wildman–Crippen LogP) is 4.55. The van der Waals surface area contributed by atoms with E-state index in [2.05, 4.69) is 0 Å². The van der Waals surface area contributed by atoms with Crippen LogP contribution in [-0.2, 0) is 4.79 Å². The average molecular weight is 324 g/mol. The molecular weight excluding hydrogens is 312 g/mol. The number of aldehydes is 1. The zero-order chi connectivity index (χ0) is 16.0. The number of nitriles is 2. The van der Waals surface area contributed by atoms with Crippen LogP contribution in [0.4, 0.5) is 0 Å². The van der Waals surface area contributed by atoms with E-state index in [0.717, 1.165) is 10.5 Å². The molecule has 1 rings (SSSR count). The van der Waals surface area contributed by atoms with Gasteiger partial charge >= 0.3 is 0 Å². The van der Waals surface area contributed by atoms with Gasteiger partial charge in [-0.15, -0.1) is 0 Å². The number of hydrogen-bond acceptors (Lipinski definition) is 5. The summed E-state index contributed by atoms with van der Waals surface area (Å²) in [6, 6.07) is 4.04. The van der Waals surface area contributed by atoms with Crippen LogP contribution >= 0.6 is 23.5 Å². The molecule has 1 aliphatic rings. The van der Waals surface area contributed by atoms with Gasteiger partial charge in [-0.25, -0.2) is 0 Å². The molecule has 1 heterocycles. The molecule has 3 nitrogen and oxygen atoms in total. The topological polar surface area (TPSA) is 64.7 Å². The molecule has 0 aromatic carbocycles. The maximum Gasteiger partial charge on any atom is 0.142 e. The van der Waals surface area contributed by atoms with E-state index in [1.807, 2.05) is 60.7 Å². The van der Waals surface area contributed by atoms with Crippen molar-refractivity contribution >= 4 is 29.8 Å². The monoisotopic (exact) mass is 324 g/mol. The number of hydrogen-bond donors (Lipinski definition) is 0. The maximum absolute atomic E-state index is 10.0. The van der Waals surface area contributed by atoms with E-state index in [1.165, 1.54) is 29.6 Å². The van der Waals surface area contributed by atoms with Gasteiger partial charge in [-0.2, -0.15) is 10.5 Å². The fraction of sp³-hybridized carbons (Fsp3) is 0. The van der Waals surface area contributed by atoms with Crippen molar-refractivity contribution < 1.29 is 4.79 Å². The number of carbonyl (C=O) groups is 1. The summed E-state index contributed by atoms with van der Waals surface area (Å²) in [7, 11) is 0. The van der Waals surface area contributed by atoms with Gasteiger partial charge in [0.1, 0.15) is 28.2 Å². The van der Waals surface area contributed by atoms with Gasteiger partial charge in [0.05, 0.1) is 4.24 Å². The minimum absolute atomic E-state index is 0.459. The first kappa shape index (κ1) is 17.6. The maximum atomic E-state index is 10.0. The Morgan fingerprint density at radius 1 is 0.682 bits per heavy atom. The molecule has 5 heteroatoms. The molecule has 108 valence electrons. The molecule has 0 aromatic rings. The average Bonchev–Trinajstić information content (AvgIpc) is 2.95. The second kappa shape index (κ2) is 11.2. The highest BCUT2D eigenvalue weighted by Gasteiger charge is 2.19. The van der Waals surface area contributed by atoms with Gasteiger partial charge in [-0.3, -0.25) is 4.79 Å². The normalized spacial score (nSPS) is 15.6. The molecule has 0 bridgehead atoms. The summed E-state index contributed by atoms with van der Waals surface area (Å²) in [4.78, 5) is 10.9. The summed E-state index contributed by atoms with van der Waals surface area (Å²) in [5, 5.41) is 17.7. The standard InChI is InChI=1S/C17H12N2OS2/c18-13-15-16(14-19)22-17(21-15)11-9-7-5-3-1-2-4-6-8-10-12-20/h1-12H/b2-1+,5-3+,6-4+,9-7+,10-8+. The molecule has 0 atom stereocenters. The highest BCUT2D eigenvalue weighted by Crippen LogP contribution is 2.48. The van der Waals surface area contributed by atoms with Gasteiger partial charge in [0.2, 0.25) is 0 Å². The minimum atomic E-state index is 0.459. The number of thioether (sulfide) groups is 2. The van der Waals surface area contributed by atoms with Gasteiger partial charge in [0.25, 0.3) is 0 Å². The van der Waals surface area contributed by atoms with E-state index in [1.54, 1.807) is 12.2 Å². The minimum Gasteiger partial charge on any atom is -0.299 e. The van der Waals surface area contributed by atoms with E-state index in [-0.39, 0.29) is 0 Å². The van der Waals surface area contributed by atoms with Gasteiger partial charge in [-0.1, -0.05) is 78.2 Å². The van der Waals surface area contributed by atoms with Crippen molar-refractivity contribution in [2.75, 3.05) is 0 Å². The smallest absolute Gasteiger partial charge is 0.142 e. The van der Waals surface area contributed by atoms with Crippen molar-refractivity contribution in [3.8, 4) is 12.1 Å². The van der Waals surface area contributed by atoms with Crippen molar-refractivity contribution in [2.24, 2.45) is 0 Å². The summed E-state index contributed by atoms with van der Waals surface area (Å²) in [5.74, 6) is 0. The first-order valence-electron chi connectivity index (χ1n) is 6.20. The first-order valence-corrected chi connectivity index (χ1v) is 7.84. The molecule has 0 aromatic heterocycles. The third-order valence-corrected chi connectivity index (χ3v) is 4.43. The van der Waals surface area contributed by atoms with Crippen LogP contribution in [0.15, 0.2) is 80.9 Å². The van der Waals surface area contributed by atoms with E-state index < -0.39 is 0 Å². The summed E-state index contributed by atoms with van der Waals surface area (Å²) < 4.78 is 0.915. The number of rotatable bonds is 6. The Hall–Kier alpha value is -2.47. The molecular formula is C17H12N2OS2. The number of carbonyl (C=O) groups excluding carboxylic acids is 1. The van der Waals surface area contributed by atoms with Crippen molar-refractivity contribution in [1.29, 1.82) is 10.5 Å². The summed E-state index contributed by atoms with van der Waals surface area (Å²) in [5.41, 5.74) is 0. The molecule has 0 saturated heterocycles. The van der Waals surface area contributed by atoms with Crippen LogP contribution in [0.2, 0.25) is 0 Å². The lowest BCUT2D eigenvalue weighted by Crippen LogP contribution is -1.66. The quantitative estimate of drug-likeness (QED) is 0.407. The SMILES string of the molecule is N#CC1=C(C#N)SC(=C/C=C/C=C/C=C/C=C/C=C/C=O)S1. The Morgan fingerprint density at radius 2 is 1.09 bits per heavy atom. The van der Waals surface area contributed by atoms with E-state index >= 15 is 0 Å². The Morgan fingerprint density at radius 3 is 1.50 bits per heavy atom. The van der Waals surface area contributed by atoms with Crippen molar-refractivity contribution in [2.45, 2.75) is 0 Å². The van der Waals surface area contributed by atoms with E-state index in [0.29, 0.717) is 9.81 Å². The highest BCUT2D eigenvalue weighted by molar-refractivity contribution is 8.28. The van der Waals surface area contributed by atoms with Crippen LogP contribution in [0.25, 0.3) is 0 Å². The second-order valence-electron chi connectivity index (χ2n) is 3.63. The Bertz CT molecular complexity index is 665. The third kappa shape index (κ3) is 6.81. The largest absolute Gasteiger partial charge is 0.299 e. The molecule has 0 fully saturated rings. The number of nitrogens with zero attached hydrogens (tertiary/aromatic N) is 2. The van der Waals surface area contributed by atoms with Crippen LogP contribution < -0.4 is 0 Å².